The van der Waals surface area contributed by atoms with Crippen LogP contribution in [-0.4, -0.2) is 15.6 Å². The smallest absolute Gasteiger partial charge is 0.168 e. The molecule has 0 saturated carbocycles. The number of halogens is 2. The third-order valence-electron chi connectivity index (χ3n) is 2.61. The van der Waals surface area contributed by atoms with E-state index in [-0.39, 0.29) is 5.78 Å². The first kappa shape index (κ1) is 13.3. The molecule has 18 heavy (non-hydrogen) atoms. The molecule has 0 aliphatic rings. The van der Waals surface area contributed by atoms with Gasteiger partial charge in [-0.25, -0.2) is 0 Å². The normalized spacial score (nSPS) is 10.6. The van der Waals surface area contributed by atoms with Crippen LogP contribution in [0.4, 0.5) is 0 Å². The number of carbonyl (C=O) groups is 1. The van der Waals surface area contributed by atoms with E-state index in [1.807, 2.05) is 19.2 Å². The summed E-state index contributed by atoms with van der Waals surface area (Å²) in [6.07, 6.45) is 3.92. The number of Topliss-reactive ketones (excluding diaryl/α,β-unsaturated/α-hetero) is 1. The van der Waals surface area contributed by atoms with E-state index in [9.17, 15) is 4.79 Å². The minimum atomic E-state index is 0.00292. The van der Waals surface area contributed by atoms with Crippen LogP contribution >= 0.6 is 27.5 Å². The van der Waals surface area contributed by atoms with Crippen molar-refractivity contribution in [2.24, 2.45) is 0 Å². The van der Waals surface area contributed by atoms with Crippen molar-refractivity contribution in [3.05, 3.63) is 51.2 Å². The van der Waals surface area contributed by atoms with Gasteiger partial charge in [0, 0.05) is 29.2 Å². The van der Waals surface area contributed by atoms with Crippen molar-refractivity contribution in [3.63, 3.8) is 0 Å². The Morgan fingerprint density at radius 3 is 2.89 bits per heavy atom. The molecule has 0 aliphatic heterocycles. The molecule has 0 saturated heterocycles. The van der Waals surface area contributed by atoms with E-state index in [1.165, 1.54) is 0 Å². The van der Waals surface area contributed by atoms with Crippen molar-refractivity contribution in [1.29, 1.82) is 0 Å². The Hall–Kier alpha value is -1.13. The highest BCUT2D eigenvalue weighted by Gasteiger charge is 2.12. The van der Waals surface area contributed by atoms with E-state index in [1.54, 1.807) is 23.0 Å². The maximum Gasteiger partial charge on any atom is 0.168 e. The van der Waals surface area contributed by atoms with Gasteiger partial charge in [0.15, 0.2) is 5.78 Å². The van der Waals surface area contributed by atoms with E-state index in [0.717, 1.165) is 16.6 Å². The molecule has 0 amide bonds. The summed E-state index contributed by atoms with van der Waals surface area (Å²) in [5, 5.41) is 4.61. The summed E-state index contributed by atoms with van der Waals surface area (Å²) in [5.74, 6) is 0.00292. The minimum Gasteiger partial charge on any atom is -0.294 e. The molecule has 0 atom stereocenters. The van der Waals surface area contributed by atoms with Crippen molar-refractivity contribution in [3.8, 4) is 0 Å². The molecule has 0 radical (unpaired) electrons. The molecule has 1 heterocycles. The molecule has 0 aliphatic carbocycles. The van der Waals surface area contributed by atoms with Crippen molar-refractivity contribution >= 4 is 33.3 Å². The Kier molecular flexibility index (Phi) is 4.19. The largest absolute Gasteiger partial charge is 0.294 e. The molecule has 0 bridgehead atoms. The lowest BCUT2D eigenvalue weighted by Gasteiger charge is -2.02. The van der Waals surface area contributed by atoms with E-state index >= 15 is 0 Å². The second-order valence-electron chi connectivity index (χ2n) is 3.93. The Morgan fingerprint density at radius 2 is 2.28 bits per heavy atom. The van der Waals surface area contributed by atoms with Gasteiger partial charge < -0.3 is 0 Å². The van der Waals surface area contributed by atoms with Crippen LogP contribution < -0.4 is 0 Å². The molecular formula is C13H12BrClN2O. The van der Waals surface area contributed by atoms with Gasteiger partial charge in [-0.3, -0.25) is 9.48 Å². The van der Waals surface area contributed by atoms with Crippen LogP contribution in [0.1, 0.15) is 22.8 Å². The summed E-state index contributed by atoms with van der Waals surface area (Å²) in [7, 11) is 0. The van der Waals surface area contributed by atoms with Gasteiger partial charge in [0.1, 0.15) is 0 Å². The molecule has 2 rings (SSSR count). The topological polar surface area (TPSA) is 34.9 Å². The van der Waals surface area contributed by atoms with Crippen molar-refractivity contribution in [2.45, 2.75) is 19.9 Å². The lowest BCUT2D eigenvalue weighted by atomic mass is 10.1. The van der Waals surface area contributed by atoms with Crippen LogP contribution in [0, 0.1) is 0 Å². The van der Waals surface area contributed by atoms with Crippen LogP contribution in [0.3, 0.4) is 0 Å². The highest BCUT2D eigenvalue weighted by atomic mass is 79.9. The second kappa shape index (κ2) is 5.67. The Morgan fingerprint density at radius 1 is 1.50 bits per heavy atom. The maximum absolute atomic E-state index is 12.1. The van der Waals surface area contributed by atoms with Gasteiger partial charge in [0.25, 0.3) is 0 Å². The SMILES string of the molecule is CCn1cc(CC(=O)c2ccc(Br)cc2Cl)cn1. The zero-order valence-corrected chi connectivity index (χ0v) is 12.2. The fraction of sp³-hybridized carbons (Fsp3) is 0.231. The number of aryl methyl sites for hydroxylation is 1. The van der Waals surface area contributed by atoms with Crippen LogP contribution in [-0.2, 0) is 13.0 Å². The van der Waals surface area contributed by atoms with Crippen molar-refractivity contribution in [1.82, 2.24) is 9.78 Å². The second-order valence-corrected chi connectivity index (χ2v) is 5.25. The average molecular weight is 328 g/mol. The molecule has 2 aromatic rings. The minimum absolute atomic E-state index is 0.00292. The molecule has 1 aromatic carbocycles. The lowest BCUT2D eigenvalue weighted by molar-refractivity contribution is 0.0993. The highest BCUT2D eigenvalue weighted by molar-refractivity contribution is 9.10. The fourth-order valence-electron chi connectivity index (χ4n) is 1.67. The van der Waals surface area contributed by atoms with Crippen LogP contribution in [0.5, 0.6) is 0 Å². The number of ketones is 1. The van der Waals surface area contributed by atoms with E-state index < -0.39 is 0 Å². The molecule has 5 heteroatoms. The number of benzene rings is 1. The number of nitrogens with zero attached hydrogens (tertiary/aromatic N) is 2. The number of rotatable bonds is 4. The Balaban J connectivity index is 2.16. The highest BCUT2D eigenvalue weighted by Crippen LogP contribution is 2.22. The summed E-state index contributed by atoms with van der Waals surface area (Å²) >= 11 is 9.37. The number of hydrogen-bond donors (Lipinski definition) is 0. The Labute approximate surface area is 119 Å². The summed E-state index contributed by atoms with van der Waals surface area (Å²) in [5.41, 5.74) is 1.45. The molecular weight excluding hydrogens is 316 g/mol. The van der Waals surface area contributed by atoms with Gasteiger partial charge in [-0.2, -0.15) is 5.10 Å². The Bertz CT molecular complexity index is 580. The third-order valence-corrected chi connectivity index (χ3v) is 3.41. The molecule has 0 N–H and O–H groups in total. The molecule has 0 fully saturated rings. The predicted molar refractivity (Wildman–Crippen MR) is 75.1 cm³/mol. The van der Waals surface area contributed by atoms with E-state index in [4.69, 9.17) is 11.6 Å². The average Bonchev–Trinajstić information content (AvgIpc) is 2.76. The lowest BCUT2D eigenvalue weighted by Crippen LogP contribution is -2.03. The first-order chi connectivity index (χ1) is 8.60. The molecule has 0 spiro atoms. The standard InChI is InChI=1S/C13H12BrClN2O/c1-2-17-8-9(7-16-17)5-13(18)11-4-3-10(14)6-12(11)15/h3-4,6-8H,2,5H2,1H3. The van der Waals surface area contributed by atoms with E-state index in [2.05, 4.69) is 21.0 Å². The van der Waals surface area contributed by atoms with Crippen LogP contribution in [0.15, 0.2) is 35.1 Å². The third kappa shape index (κ3) is 3.00. The van der Waals surface area contributed by atoms with Gasteiger partial charge >= 0.3 is 0 Å². The number of carbonyl (C=O) groups excluding carboxylic acids is 1. The first-order valence-corrected chi connectivity index (χ1v) is 6.77. The van der Waals surface area contributed by atoms with Crippen LogP contribution in [0.25, 0.3) is 0 Å². The van der Waals surface area contributed by atoms with E-state index in [0.29, 0.717) is 17.0 Å². The monoisotopic (exact) mass is 326 g/mol. The van der Waals surface area contributed by atoms with Crippen LogP contribution in [0.2, 0.25) is 5.02 Å². The zero-order chi connectivity index (χ0) is 13.1. The summed E-state index contributed by atoms with van der Waals surface area (Å²) in [4.78, 5) is 12.1. The summed E-state index contributed by atoms with van der Waals surface area (Å²) < 4.78 is 2.66. The zero-order valence-electron chi connectivity index (χ0n) is 9.86. The van der Waals surface area contributed by atoms with Gasteiger partial charge in [0.05, 0.1) is 11.2 Å². The number of hydrogen-bond acceptors (Lipinski definition) is 2. The molecule has 3 nitrogen and oxygen atoms in total. The van der Waals surface area contributed by atoms with Gasteiger partial charge in [-0.05, 0) is 30.7 Å². The molecule has 0 unspecified atom stereocenters. The maximum atomic E-state index is 12.1. The molecule has 1 aromatic heterocycles. The summed E-state index contributed by atoms with van der Waals surface area (Å²) in [6, 6.07) is 5.28. The van der Waals surface area contributed by atoms with Crippen molar-refractivity contribution in [2.75, 3.05) is 0 Å². The van der Waals surface area contributed by atoms with Crippen molar-refractivity contribution < 1.29 is 4.79 Å². The van der Waals surface area contributed by atoms with Gasteiger partial charge in [0.2, 0.25) is 0 Å². The van der Waals surface area contributed by atoms with Gasteiger partial charge in [-0.15, -0.1) is 0 Å². The molecule has 94 valence electrons. The fourth-order valence-corrected chi connectivity index (χ4v) is 2.45. The number of aromatic nitrogens is 2. The predicted octanol–water partition coefficient (Wildman–Crippen LogP) is 3.74. The van der Waals surface area contributed by atoms with Gasteiger partial charge in [-0.1, -0.05) is 27.5 Å². The summed E-state index contributed by atoms with van der Waals surface area (Å²) in [6.45, 7) is 2.80. The first-order valence-electron chi connectivity index (χ1n) is 5.59. The quantitative estimate of drug-likeness (QED) is 0.802.